The number of hydrogen-bond donors (Lipinski definition) is 0. The van der Waals surface area contributed by atoms with Gasteiger partial charge in [0, 0.05) is 11.9 Å². The molecule has 0 aromatic carbocycles. The molecule has 1 aromatic heterocycles. The van der Waals surface area contributed by atoms with E-state index in [1.165, 1.54) is 16.8 Å². The first-order chi connectivity index (χ1) is 7.19. The molecule has 1 heteroatoms. The third-order valence-corrected chi connectivity index (χ3v) is 2.44. The molecule has 0 saturated carbocycles. The van der Waals surface area contributed by atoms with E-state index in [1.54, 1.807) is 0 Å². The van der Waals surface area contributed by atoms with Crippen LogP contribution in [0.1, 0.15) is 64.3 Å². The van der Waals surface area contributed by atoms with E-state index in [4.69, 9.17) is 0 Å². The molecule has 1 rings (SSSR count). The van der Waals surface area contributed by atoms with Crippen molar-refractivity contribution in [3.8, 4) is 0 Å². The highest BCUT2D eigenvalue weighted by Crippen LogP contribution is 2.20. The summed E-state index contributed by atoms with van der Waals surface area (Å²) in [4.78, 5) is 4.41. The molecular formula is C14H25N. The Hall–Kier alpha value is -0.850. The van der Waals surface area contributed by atoms with Crippen LogP contribution in [0.25, 0.3) is 0 Å². The summed E-state index contributed by atoms with van der Waals surface area (Å²) in [6, 6.07) is 2.25. The minimum Gasteiger partial charge on any atom is -0.261 e. The Morgan fingerprint density at radius 1 is 1.13 bits per heavy atom. The Bertz CT molecular complexity index is 277. The highest BCUT2D eigenvalue weighted by atomic mass is 14.7. The quantitative estimate of drug-likeness (QED) is 0.718. The van der Waals surface area contributed by atoms with E-state index in [2.05, 4.69) is 38.7 Å². The fraction of sp³-hybridized carbons (Fsp3) is 0.643. The summed E-state index contributed by atoms with van der Waals surface area (Å²) in [6.07, 6.45) is 4.16. The Morgan fingerprint density at radius 3 is 2.13 bits per heavy atom. The van der Waals surface area contributed by atoms with Gasteiger partial charge >= 0.3 is 0 Å². The van der Waals surface area contributed by atoms with E-state index in [1.807, 2.05) is 20.0 Å². The predicted octanol–water partition coefficient (Wildman–Crippen LogP) is 4.36. The van der Waals surface area contributed by atoms with Gasteiger partial charge in [0.15, 0.2) is 0 Å². The molecule has 1 heterocycles. The maximum atomic E-state index is 4.41. The third kappa shape index (κ3) is 4.03. The summed E-state index contributed by atoms with van der Waals surface area (Å²) in [5.74, 6) is 0.614. The third-order valence-electron chi connectivity index (χ3n) is 2.44. The molecule has 0 unspecified atom stereocenters. The molecule has 0 aliphatic rings. The lowest BCUT2D eigenvalue weighted by molar-refractivity contribution is 0.828. The monoisotopic (exact) mass is 207 g/mol. The van der Waals surface area contributed by atoms with Crippen molar-refractivity contribution in [1.29, 1.82) is 0 Å². The van der Waals surface area contributed by atoms with E-state index in [0.29, 0.717) is 5.92 Å². The molecule has 0 amide bonds. The predicted molar refractivity (Wildman–Crippen MR) is 68.4 cm³/mol. The van der Waals surface area contributed by atoms with Crippen LogP contribution in [-0.2, 0) is 12.8 Å². The molecule has 0 radical (unpaired) electrons. The second-order valence-corrected chi connectivity index (χ2v) is 3.74. The molecule has 0 spiro atoms. The van der Waals surface area contributed by atoms with Crippen LogP contribution < -0.4 is 0 Å². The van der Waals surface area contributed by atoms with Crippen LogP contribution >= 0.6 is 0 Å². The van der Waals surface area contributed by atoms with Crippen molar-refractivity contribution in [3.05, 3.63) is 29.1 Å². The average molecular weight is 207 g/mol. The van der Waals surface area contributed by atoms with Crippen molar-refractivity contribution >= 4 is 0 Å². The van der Waals surface area contributed by atoms with Gasteiger partial charge in [0.05, 0.1) is 0 Å². The van der Waals surface area contributed by atoms with E-state index in [9.17, 15) is 0 Å². The standard InChI is InChI=1S/C12H19N.C2H6/c1-5-10-8-13-11(6-2)7-12(10)9(3)4;1-2/h7-9H,5-6H2,1-4H3;1-2H3. The Labute approximate surface area is 94.9 Å². The van der Waals surface area contributed by atoms with Crippen molar-refractivity contribution in [1.82, 2.24) is 4.98 Å². The Kier molecular flexibility index (Phi) is 7.02. The van der Waals surface area contributed by atoms with Crippen molar-refractivity contribution < 1.29 is 0 Å². The largest absolute Gasteiger partial charge is 0.261 e. The van der Waals surface area contributed by atoms with Crippen LogP contribution in [0, 0.1) is 0 Å². The van der Waals surface area contributed by atoms with Crippen LogP contribution in [0.5, 0.6) is 0 Å². The van der Waals surface area contributed by atoms with Crippen molar-refractivity contribution in [2.75, 3.05) is 0 Å². The molecule has 86 valence electrons. The lowest BCUT2D eigenvalue weighted by atomic mass is 9.96. The second-order valence-electron chi connectivity index (χ2n) is 3.74. The first-order valence-corrected chi connectivity index (χ1v) is 6.16. The zero-order valence-electron chi connectivity index (χ0n) is 11.1. The van der Waals surface area contributed by atoms with Gasteiger partial charge in [-0.1, -0.05) is 41.5 Å². The van der Waals surface area contributed by atoms with E-state index in [0.717, 1.165) is 12.8 Å². The average Bonchev–Trinajstić information content (AvgIpc) is 2.30. The molecule has 0 fully saturated rings. The molecule has 1 aromatic rings. The summed E-state index contributed by atoms with van der Waals surface area (Å²) in [5.41, 5.74) is 4.07. The summed E-state index contributed by atoms with van der Waals surface area (Å²) in [7, 11) is 0. The lowest BCUT2D eigenvalue weighted by Gasteiger charge is -2.12. The number of hydrogen-bond acceptors (Lipinski definition) is 1. The number of aryl methyl sites for hydroxylation is 2. The topological polar surface area (TPSA) is 12.9 Å². The molecule has 0 N–H and O–H groups in total. The highest BCUT2D eigenvalue weighted by molar-refractivity contribution is 5.29. The minimum absolute atomic E-state index is 0.614. The van der Waals surface area contributed by atoms with E-state index >= 15 is 0 Å². The van der Waals surface area contributed by atoms with Crippen molar-refractivity contribution in [2.24, 2.45) is 0 Å². The van der Waals surface area contributed by atoms with Gasteiger partial charge in [-0.05, 0) is 36.0 Å². The molecule has 0 aliphatic carbocycles. The van der Waals surface area contributed by atoms with Crippen LogP contribution in [-0.4, -0.2) is 4.98 Å². The second kappa shape index (κ2) is 7.44. The summed E-state index contributed by atoms with van der Waals surface area (Å²) in [6.45, 7) is 12.8. The van der Waals surface area contributed by atoms with Crippen LogP contribution in [0.2, 0.25) is 0 Å². The van der Waals surface area contributed by atoms with Gasteiger partial charge in [0.2, 0.25) is 0 Å². The van der Waals surface area contributed by atoms with Crippen LogP contribution in [0.3, 0.4) is 0 Å². The Balaban J connectivity index is 0.000000921. The number of pyridine rings is 1. The molecule has 15 heavy (non-hydrogen) atoms. The number of rotatable bonds is 3. The van der Waals surface area contributed by atoms with Crippen LogP contribution in [0.4, 0.5) is 0 Å². The van der Waals surface area contributed by atoms with Gasteiger partial charge in [-0.25, -0.2) is 0 Å². The maximum Gasteiger partial charge on any atom is 0.0403 e. The van der Waals surface area contributed by atoms with E-state index < -0.39 is 0 Å². The van der Waals surface area contributed by atoms with Gasteiger partial charge in [-0.2, -0.15) is 0 Å². The molecule has 0 saturated heterocycles. The number of nitrogens with zero attached hydrogens (tertiary/aromatic N) is 1. The SMILES string of the molecule is CC.CCc1cc(C(C)C)c(CC)cn1. The van der Waals surface area contributed by atoms with Gasteiger partial charge in [0.25, 0.3) is 0 Å². The lowest BCUT2D eigenvalue weighted by Crippen LogP contribution is -1.99. The molecular weight excluding hydrogens is 182 g/mol. The Morgan fingerprint density at radius 2 is 1.73 bits per heavy atom. The molecule has 0 bridgehead atoms. The minimum atomic E-state index is 0.614. The first-order valence-electron chi connectivity index (χ1n) is 6.16. The number of aromatic nitrogens is 1. The molecule has 0 aliphatic heterocycles. The van der Waals surface area contributed by atoms with Crippen molar-refractivity contribution in [2.45, 2.75) is 60.3 Å². The fourth-order valence-corrected chi connectivity index (χ4v) is 1.57. The van der Waals surface area contributed by atoms with Gasteiger partial charge in [0.1, 0.15) is 0 Å². The highest BCUT2D eigenvalue weighted by Gasteiger charge is 2.06. The first kappa shape index (κ1) is 14.2. The summed E-state index contributed by atoms with van der Waals surface area (Å²) >= 11 is 0. The van der Waals surface area contributed by atoms with Crippen LogP contribution in [0.15, 0.2) is 12.3 Å². The normalized spacial score (nSPS) is 9.80. The maximum absolute atomic E-state index is 4.41. The van der Waals surface area contributed by atoms with Gasteiger partial charge < -0.3 is 0 Å². The van der Waals surface area contributed by atoms with Gasteiger partial charge in [-0.15, -0.1) is 0 Å². The zero-order valence-corrected chi connectivity index (χ0v) is 11.1. The summed E-state index contributed by atoms with van der Waals surface area (Å²) in [5, 5.41) is 0. The van der Waals surface area contributed by atoms with Crippen molar-refractivity contribution in [3.63, 3.8) is 0 Å². The fourth-order valence-electron chi connectivity index (χ4n) is 1.57. The summed E-state index contributed by atoms with van der Waals surface area (Å²) < 4.78 is 0. The molecule has 0 atom stereocenters. The smallest absolute Gasteiger partial charge is 0.0403 e. The molecule has 1 nitrogen and oxygen atoms in total. The zero-order chi connectivity index (χ0) is 11.8. The van der Waals surface area contributed by atoms with E-state index in [-0.39, 0.29) is 0 Å². The van der Waals surface area contributed by atoms with Gasteiger partial charge in [-0.3, -0.25) is 4.98 Å².